The van der Waals surface area contributed by atoms with Crippen LogP contribution in [0.25, 0.3) is 0 Å². The largest absolute Gasteiger partial charge is 0.393 e. The zero-order valence-corrected chi connectivity index (χ0v) is 9.52. The number of nitrogen functional groups attached to an aromatic ring is 2. The fourth-order valence-corrected chi connectivity index (χ4v) is 1.97. The van der Waals surface area contributed by atoms with E-state index in [1.807, 2.05) is 0 Å². The van der Waals surface area contributed by atoms with Crippen molar-refractivity contribution in [2.24, 2.45) is 5.92 Å². The van der Waals surface area contributed by atoms with Crippen molar-refractivity contribution in [2.45, 2.75) is 6.42 Å². The first-order chi connectivity index (χ1) is 7.63. The summed E-state index contributed by atoms with van der Waals surface area (Å²) in [4.78, 5) is 21.1. The normalized spacial score (nSPS) is 20.4. The highest BCUT2D eigenvalue weighted by Gasteiger charge is 2.31. The van der Waals surface area contributed by atoms with Crippen molar-refractivity contribution in [2.75, 3.05) is 28.7 Å². The second-order valence-electron chi connectivity index (χ2n) is 3.75. The highest BCUT2D eigenvalue weighted by atomic mass is 32.1. The van der Waals surface area contributed by atoms with Crippen LogP contribution in [0, 0.1) is 5.92 Å². The summed E-state index contributed by atoms with van der Waals surface area (Å²) in [5.41, 5.74) is 11.6. The molecule has 7 heteroatoms. The quantitative estimate of drug-likeness (QED) is 0.627. The van der Waals surface area contributed by atoms with Crippen LogP contribution < -0.4 is 16.4 Å². The molecule has 0 spiro atoms. The number of thiol groups is 1. The predicted octanol–water partition coefficient (Wildman–Crippen LogP) is -0.0763. The number of nitrogens with zero attached hydrogens (tertiary/aromatic N) is 3. The summed E-state index contributed by atoms with van der Waals surface area (Å²) in [7, 11) is 0. The third kappa shape index (κ3) is 1.78. The van der Waals surface area contributed by atoms with Gasteiger partial charge in [-0.15, -0.1) is 0 Å². The number of rotatable bonds is 2. The minimum atomic E-state index is 0.00356. The maximum Gasteiger partial charge on any atom is 0.228 e. The predicted molar refractivity (Wildman–Crippen MR) is 65.2 cm³/mol. The Kier molecular flexibility index (Phi) is 2.86. The molecule has 0 radical (unpaired) electrons. The van der Waals surface area contributed by atoms with Gasteiger partial charge in [-0.2, -0.15) is 12.6 Å². The Bertz CT molecular complexity index is 424. The van der Waals surface area contributed by atoms with Gasteiger partial charge < -0.3 is 11.5 Å². The minimum Gasteiger partial charge on any atom is -0.393 e. The lowest BCUT2D eigenvalue weighted by Gasteiger charge is -2.17. The van der Waals surface area contributed by atoms with Crippen LogP contribution in [0.4, 0.5) is 17.3 Å². The van der Waals surface area contributed by atoms with Crippen LogP contribution in [-0.2, 0) is 4.79 Å². The maximum atomic E-state index is 11.7. The summed E-state index contributed by atoms with van der Waals surface area (Å²) in [5, 5.41) is 0. The van der Waals surface area contributed by atoms with Crippen molar-refractivity contribution >= 4 is 35.9 Å². The van der Waals surface area contributed by atoms with Crippen LogP contribution in [0.5, 0.6) is 0 Å². The van der Waals surface area contributed by atoms with Crippen molar-refractivity contribution in [1.82, 2.24) is 9.97 Å². The van der Waals surface area contributed by atoms with Crippen LogP contribution in [0.1, 0.15) is 6.42 Å². The lowest BCUT2D eigenvalue weighted by atomic mass is 10.1. The van der Waals surface area contributed by atoms with Crippen molar-refractivity contribution < 1.29 is 4.79 Å². The van der Waals surface area contributed by atoms with Gasteiger partial charge in [0.1, 0.15) is 12.0 Å². The molecule has 1 aromatic rings. The average molecular weight is 239 g/mol. The number of carbonyl (C=O) groups excluding carboxylic acids is 1. The first-order valence-corrected chi connectivity index (χ1v) is 5.54. The molecular formula is C9H13N5OS. The highest BCUT2D eigenvalue weighted by molar-refractivity contribution is 7.80. The van der Waals surface area contributed by atoms with Gasteiger partial charge in [-0.25, -0.2) is 9.97 Å². The molecule has 1 unspecified atom stereocenters. The standard InChI is InChI=1S/C9H13N5OS/c10-7-8(11)12-4-13-9(7)14-2-5(3-16)1-6(14)15/h4-5,16H,1-3,10H2,(H2,11,12,13). The molecule has 1 aliphatic heterocycles. The van der Waals surface area contributed by atoms with Crippen LogP contribution in [-0.4, -0.2) is 28.2 Å². The number of anilines is 3. The SMILES string of the molecule is Nc1ncnc(N2CC(CS)CC2=O)c1N. The Hall–Kier alpha value is -1.50. The summed E-state index contributed by atoms with van der Waals surface area (Å²) < 4.78 is 0. The molecule has 2 rings (SSSR count). The summed E-state index contributed by atoms with van der Waals surface area (Å²) in [6.45, 7) is 0.586. The summed E-state index contributed by atoms with van der Waals surface area (Å²) >= 11 is 4.19. The van der Waals surface area contributed by atoms with Crippen molar-refractivity contribution in [1.29, 1.82) is 0 Å². The topological polar surface area (TPSA) is 98.1 Å². The molecule has 16 heavy (non-hydrogen) atoms. The van der Waals surface area contributed by atoms with Crippen LogP contribution in [0.15, 0.2) is 6.33 Å². The van der Waals surface area contributed by atoms with Crippen molar-refractivity contribution in [3.63, 3.8) is 0 Å². The zero-order chi connectivity index (χ0) is 11.7. The third-order valence-electron chi connectivity index (χ3n) is 2.61. The third-order valence-corrected chi connectivity index (χ3v) is 3.13. The number of hydrogen-bond donors (Lipinski definition) is 3. The molecule has 1 aromatic heterocycles. The zero-order valence-electron chi connectivity index (χ0n) is 8.63. The number of nitrogens with two attached hydrogens (primary N) is 2. The minimum absolute atomic E-state index is 0.00356. The molecule has 86 valence electrons. The van der Waals surface area contributed by atoms with Gasteiger partial charge in [0.2, 0.25) is 5.91 Å². The van der Waals surface area contributed by atoms with Gasteiger partial charge in [-0.1, -0.05) is 0 Å². The number of hydrogen-bond acceptors (Lipinski definition) is 6. The number of amides is 1. The molecule has 1 fully saturated rings. The van der Waals surface area contributed by atoms with E-state index in [1.54, 1.807) is 4.90 Å². The Labute approximate surface area is 98.4 Å². The molecule has 1 atom stereocenters. The van der Waals surface area contributed by atoms with Crippen LogP contribution >= 0.6 is 12.6 Å². The molecular weight excluding hydrogens is 226 g/mol. The van der Waals surface area contributed by atoms with Gasteiger partial charge in [-0.3, -0.25) is 9.69 Å². The smallest absolute Gasteiger partial charge is 0.228 e. The molecule has 1 aliphatic rings. The first-order valence-electron chi connectivity index (χ1n) is 4.90. The molecule has 4 N–H and O–H groups in total. The van der Waals surface area contributed by atoms with E-state index in [0.29, 0.717) is 24.5 Å². The van der Waals surface area contributed by atoms with E-state index >= 15 is 0 Å². The Morgan fingerprint density at radius 2 is 2.25 bits per heavy atom. The average Bonchev–Trinajstić information content (AvgIpc) is 2.64. The number of carbonyl (C=O) groups is 1. The Balaban J connectivity index is 2.31. The van der Waals surface area contributed by atoms with E-state index in [-0.39, 0.29) is 23.3 Å². The molecule has 1 saturated heterocycles. The first kappa shape index (κ1) is 11.0. The second-order valence-corrected chi connectivity index (χ2v) is 4.12. The maximum absolute atomic E-state index is 11.7. The van der Waals surface area contributed by atoms with E-state index in [4.69, 9.17) is 11.5 Å². The molecule has 0 aliphatic carbocycles. The summed E-state index contributed by atoms with van der Waals surface area (Å²) in [5.74, 6) is 1.52. The van der Waals surface area contributed by atoms with Crippen LogP contribution in [0.2, 0.25) is 0 Å². The summed E-state index contributed by atoms with van der Waals surface area (Å²) in [6, 6.07) is 0. The monoisotopic (exact) mass is 239 g/mol. The van der Waals surface area contributed by atoms with E-state index in [9.17, 15) is 4.79 Å². The van der Waals surface area contributed by atoms with Gasteiger partial charge in [0.15, 0.2) is 11.6 Å². The fraction of sp³-hybridized carbons (Fsp3) is 0.444. The fourth-order valence-electron chi connectivity index (χ4n) is 1.72. The van der Waals surface area contributed by atoms with Gasteiger partial charge in [0, 0.05) is 13.0 Å². The van der Waals surface area contributed by atoms with Crippen molar-refractivity contribution in [3.8, 4) is 0 Å². The number of aromatic nitrogens is 2. The molecule has 0 bridgehead atoms. The Morgan fingerprint density at radius 1 is 1.50 bits per heavy atom. The molecule has 1 amide bonds. The van der Waals surface area contributed by atoms with Gasteiger partial charge in [-0.05, 0) is 11.7 Å². The molecule has 6 nitrogen and oxygen atoms in total. The van der Waals surface area contributed by atoms with E-state index in [2.05, 4.69) is 22.6 Å². The van der Waals surface area contributed by atoms with Crippen LogP contribution in [0.3, 0.4) is 0 Å². The van der Waals surface area contributed by atoms with E-state index in [1.165, 1.54) is 6.33 Å². The van der Waals surface area contributed by atoms with Gasteiger partial charge >= 0.3 is 0 Å². The lowest BCUT2D eigenvalue weighted by molar-refractivity contribution is -0.117. The highest BCUT2D eigenvalue weighted by Crippen LogP contribution is 2.29. The second kappa shape index (κ2) is 4.17. The lowest BCUT2D eigenvalue weighted by Crippen LogP contribution is -2.27. The van der Waals surface area contributed by atoms with Crippen molar-refractivity contribution in [3.05, 3.63) is 6.33 Å². The molecule has 2 heterocycles. The van der Waals surface area contributed by atoms with E-state index < -0.39 is 0 Å². The molecule has 0 aromatic carbocycles. The molecule has 0 saturated carbocycles. The Morgan fingerprint density at radius 3 is 2.88 bits per heavy atom. The van der Waals surface area contributed by atoms with Gasteiger partial charge in [0.05, 0.1) is 0 Å². The van der Waals surface area contributed by atoms with E-state index in [0.717, 1.165) is 0 Å². The van der Waals surface area contributed by atoms with Gasteiger partial charge in [0.25, 0.3) is 0 Å². The summed E-state index contributed by atoms with van der Waals surface area (Å²) in [6.07, 6.45) is 1.79.